The summed E-state index contributed by atoms with van der Waals surface area (Å²) in [5, 5.41) is 20.8. The second kappa shape index (κ2) is 5.33. The molecule has 94 valence electrons. The van der Waals surface area contributed by atoms with Gasteiger partial charge in [0.25, 0.3) is 5.91 Å². The van der Waals surface area contributed by atoms with Crippen LogP contribution in [0.4, 0.5) is 0 Å². The van der Waals surface area contributed by atoms with Gasteiger partial charge in [0.15, 0.2) is 5.84 Å². The van der Waals surface area contributed by atoms with E-state index < -0.39 is 5.54 Å². The molecule has 0 aliphatic rings. The Kier molecular flexibility index (Phi) is 4.08. The molecule has 0 atom stereocenters. The standard InChI is InChI=1S/C10H17N5O2/c1-3-10(4-2,9(11)15-17)14-8(16)7-5-12-13-6-7/h5-6,17H,3-4H2,1-2H3,(H2,11,15)(H,12,13)(H,14,16). The van der Waals surface area contributed by atoms with Crippen LogP contribution in [0.3, 0.4) is 0 Å². The molecule has 0 saturated carbocycles. The summed E-state index contributed by atoms with van der Waals surface area (Å²) in [4.78, 5) is 11.9. The third-order valence-corrected chi connectivity index (χ3v) is 2.92. The lowest BCUT2D eigenvalue weighted by molar-refractivity contribution is 0.0918. The molecule has 0 radical (unpaired) electrons. The summed E-state index contributed by atoms with van der Waals surface area (Å²) in [5.41, 5.74) is 5.21. The maximum Gasteiger partial charge on any atom is 0.255 e. The molecule has 1 heterocycles. The Balaban J connectivity index is 2.91. The molecule has 1 aromatic rings. The van der Waals surface area contributed by atoms with Gasteiger partial charge in [0.2, 0.25) is 0 Å². The smallest absolute Gasteiger partial charge is 0.255 e. The predicted molar refractivity (Wildman–Crippen MR) is 62.8 cm³/mol. The SMILES string of the molecule is CCC(CC)(NC(=O)c1cn[nH]c1)C(N)=NO. The molecule has 1 rings (SSSR count). The Hall–Kier alpha value is -2.05. The largest absolute Gasteiger partial charge is 0.409 e. The van der Waals surface area contributed by atoms with Crippen molar-refractivity contribution in [2.75, 3.05) is 0 Å². The summed E-state index contributed by atoms with van der Waals surface area (Å²) in [7, 11) is 0. The number of oxime groups is 1. The number of nitrogens with one attached hydrogen (secondary N) is 2. The van der Waals surface area contributed by atoms with E-state index in [0.29, 0.717) is 18.4 Å². The number of carbonyl (C=O) groups excluding carboxylic acids is 1. The van der Waals surface area contributed by atoms with Gasteiger partial charge in [-0.3, -0.25) is 9.89 Å². The minimum Gasteiger partial charge on any atom is -0.409 e. The van der Waals surface area contributed by atoms with Crippen LogP contribution in [0.2, 0.25) is 0 Å². The van der Waals surface area contributed by atoms with Gasteiger partial charge in [-0.05, 0) is 12.8 Å². The lowest BCUT2D eigenvalue weighted by atomic mass is 9.91. The van der Waals surface area contributed by atoms with Crippen LogP contribution >= 0.6 is 0 Å². The molecule has 0 fully saturated rings. The minimum atomic E-state index is -0.830. The monoisotopic (exact) mass is 239 g/mol. The Morgan fingerprint density at radius 1 is 1.65 bits per heavy atom. The van der Waals surface area contributed by atoms with Crippen LogP contribution in [0.5, 0.6) is 0 Å². The zero-order valence-electron chi connectivity index (χ0n) is 9.90. The van der Waals surface area contributed by atoms with Crippen molar-refractivity contribution in [3.8, 4) is 0 Å². The third kappa shape index (κ3) is 2.55. The summed E-state index contributed by atoms with van der Waals surface area (Å²) in [6.07, 6.45) is 3.96. The number of aromatic amines is 1. The molecule has 0 aromatic carbocycles. The van der Waals surface area contributed by atoms with E-state index in [0.717, 1.165) is 0 Å². The molecule has 0 aliphatic carbocycles. The van der Waals surface area contributed by atoms with Gasteiger partial charge in [-0.2, -0.15) is 5.10 Å². The Morgan fingerprint density at radius 2 is 2.29 bits per heavy atom. The van der Waals surface area contributed by atoms with E-state index in [4.69, 9.17) is 10.9 Å². The maximum absolute atomic E-state index is 11.9. The van der Waals surface area contributed by atoms with Crippen molar-refractivity contribution in [2.24, 2.45) is 10.9 Å². The van der Waals surface area contributed by atoms with Crippen molar-refractivity contribution in [3.05, 3.63) is 18.0 Å². The highest BCUT2D eigenvalue weighted by atomic mass is 16.4. The number of amidine groups is 1. The highest BCUT2D eigenvalue weighted by molar-refractivity contribution is 5.99. The highest BCUT2D eigenvalue weighted by Crippen LogP contribution is 2.16. The van der Waals surface area contributed by atoms with Crippen LogP contribution in [0, 0.1) is 0 Å². The topological polar surface area (TPSA) is 116 Å². The van der Waals surface area contributed by atoms with Crippen LogP contribution in [-0.4, -0.2) is 32.7 Å². The van der Waals surface area contributed by atoms with Crippen LogP contribution in [0.25, 0.3) is 0 Å². The fraction of sp³-hybridized carbons (Fsp3) is 0.500. The van der Waals surface area contributed by atoms with Crippen molar-refractivity contribution in [1.82, 2.24) is 15.5 Å². The average Bonchev–Trinajstić information content (AvgIpc) is 2.88. The second-order valence-corrected chi connectivity index (χ2v) is 3.72. The Bertz CT molecular complexity index is 395. The number of aromatic nitrogens is 2. The van der Waals surface area contributed by atoms with Crippen molar-refractivity contribution in [2.45, 2.75) is 32.2 Å². The third-order valence-electron chi connectivity index (χ3n) is 2.92. The van der Waals surface area contributed by atoms with Gasteiger partial charge in [0, 0.05) is 6.20 Å². The predicted octanol–water partition coefficient (Wildman–Crippen LogP) is 0.445. The van der Waals surface area contributed by atoms with Crippen molar-refractivity contribution >= 4 is 11.7 Å². The first-order chi connectivity index (χ1) is 8.09. The number of hydrogen-bond acceptors (Lipinski definition) is 4. The average molecular weight is 239 g/mol. The summed E-state index contributed by atoms with van der Waals surface area (Å²) in [6.45, 7) is 3.72. The van der Waals surface area contributed by atoms with E-state index in [-0.39, 0.29) is 11.7 Å². The summed E-state index contributed by atoms with van der Waals surface area (Å²) >= 11 is 0. The van der Waals surface area contributed by atoms with E-state index in [9.17, 15) is 4.79 Å². The van der Waals surface area contributed by atoms with Crippen LogP contribution in [0.1, 0.15) is 37.0 Å². The van der Waals surface area contributed by atoms with Crippen molar-refractivity contribution in [1.29, 1.82) is 0 Å². The normalized spacial score (nSPS) is 12.5. The first kappa shape index (κ1) is 13.0. The quantitative estimate of drug-likeness (QED) is 0.258. The molecular weight excluding hydrogens is 222 g/mol. The molecule has 1 amide bonds. The van der Waals surface area contributed by atoms with E-state index in [1.807, 2.05) is 13.8 Å². The fourth-order valence-electron chi connectivity index (χ4n) is 1.61. The number of rotatable bonds is 5. The van der Waals surface area contributed by atoms with Crippen molar-refractivity contribution in [3.63, 3.8) is 0 Å². The minimum absolute atomic E-state index is 0.000607. The summed E-state index contributed by atoms with van der Waals surface area (Å²) in [5.74, 6) is -0.312. The lowest BCUT2D eigenvalue weighted by Gasteiger charge is -2.31. The first-order valence-corrected chi connectivity index (χ1v) is 5.39. The number of nitrogens with two attached hydrogens (primary N) is 1. The zero-order valence-corrected chi connectivity index (χ0v) is 9.90. The number of H-pyrrole nitrogens is 1. The van der Waals surface area contributed by atoms with E-state index >= 15 is 0 Å². The molecule has 0 aliphatic heterocycles. The van der Waals surface area contributed by atoms with Gasteiger partial charge in [-0.25, -0.2) is 0 Å². The second-order valence-electron chi connectivity index (χ2n) is 3.72. The van der Waals surface area contributed by atoms with Gasteiger partial charge in [0.1, 0.15) is 5.54 Å². The Morgan fingerprint density at radius 3 is 2.71 bits per heavy atom. The van der Waals surface area contributed by atoms with Crippen LogP contribution in [-0.2, 0) is 0 Å². The number of nitrogens with zero attached hydrogens (tertiary/aromatic N) is 2. The van der Waals surface area contributed by atoms with Gasteiger partial charge < -0.3 is 16.3 Å². The fourth-order valence-corrected chi connectivity index (χ4v) is 1.61. The van der Waals surface area contributed by atoms with Gasteiger partial charge in [0.05, 0.1) is 11.8 Å². The van der Waals surface area contributed by atoms with E-state index in [1.165, 1.54) is 12.4 Å². The molecule has 7 nitrogen and oxygen atoms in total. The molecule has 5 N–H and O–H groups in total. The molecule has 1 aromatic heterocycles. The van der Waals surface area contributed by atoms with Crippen LogP contribution < -0.4 is 11.1 Å². The van der Waals surface area contributed by atoms with E-state index in [2.05, 4.69) is 20.7 Å². The molecule has 0 unspecified atom stereocenters. The highest BCUT2D eigenvalue weighted by Gasteiger charge is 2.33. The molecule has 7 heteroatoms. The Labute approximate surface area is 99.1 Å². The van der Waals surface area contributed by atoms with Crippen molar-refractivity contribution < 1.29 is 10.0 Å². The maximum atomic E-state index is 11.9. The summed E-state index contributed by atoms with van der Waals surface area (Å²) < 4.78 is 0. The van der Waals surface area contributed by atoms with Gasteiger partial charge in [-0.15, -0.1) is 0 Å². The first-order valence-electron chi connectivity index (χ1n) is 5.39. The molecule has 0 spiro atoms. The van der Waals surface area contributed by atoms with Crippen LogP contribution in [0.15, 0.2) is 17.5 Å². The number of carbonyl (C=O) groups is 1. The zero-order chi connectivity index (χ0) is 12.9. The number of amides is 1. The number of hydrogen-bond donors (Lipinski definition) is 4. The van der Waals surface area contributed by atoms with Gasteiger partial charge >= 0.3 is 0 Å². The van der Waals surface area contributed by atoms with Gasteiger partial charge in [-0.1, -0.05) is 19.0 Å². The van der Waals surface area contributed by atoms with E-state index in [1.54, 1.807) is 0 Å². The lowest BCUT2D eigenvalue weighted by Crippen LogP contribution is -2.56. The molecule has 0 bridgehead atoms. The molecule has 17 heavy (non-hydrogen) atoms. The molecule has 0 saturated heterocycles. The summed E-state index contributed by atoms with van der Waals surface area (Å²) in [6, 6.07) is 0. The molecular formula is C10H17N5O2.